The first-order chi connectivity index (χ1) is 9.79. The third-order valence-corrected chi connectivity index (χ3v) is 14.8. The number of benzene rings is 2. The average Bonchev–Trinajstić information content (AvgIpc) is 2.49. The monoisotopic (exact) mass is 320 g/mol. The summed E-state index contributed by atoms with van der Waals surface area (Å²) in [5, 5.41) is 2.07. The van der Waals surface area contributed by atoms with Gasteiger partial charge in [0.15, 0.2) is 6.57 Å². The highest BCUT2D eigenvalue weighted by Crippen LogP contribution is 2.65. The van der Waals surface area contributed by atoms with Crippen LogP contribution in [0.2, 0.25) is 0 Å². The van der Waals surface area contributed by atoms with Crippen molar-refractivity contribution in [1.82, 2.24) is 0 Å². The van der Waals surface area contributed by atoms with E-state index in [2.05, 4.69) is 6.58 Å². The third-order valence-electron chi connectivity index (χ3n) is 3.83. The summed E-state index contributed by atoms with van der Waals surface area (Å²) in [5.74, 6) is 0.497. The molecule has 0 bridgehead atoms. The van der Waals surface area contributed by atoms with Crippen LogP contribution in [0.25, 0.3) is 0 Å². The lowest BCUT2D eigenvalue weighted by molar-refractivity contribution is -0.164. The molecule has 2 nitrogen and oxygen atoms in total. The van der Waals surface area contributed by atoms with Gasteiger partial charge in [-0.1, -0.05) is 55.1 Å². The second-order valence-electron chi connectivity index (χ2n) is 5.85. The molecule has 0 aromatic heterocycles. The van der Waals surface area contributed by atoms with Crippen LogP contribution in [0.4, 0.5) is 0 Å². The molecule has 4 heteroatoms. The minimum atomic E-state index is -3.80. The second-order valence-corrected chi connectivity index (χ2v) is 17.5. The Morgan fingerprint density at radius 3 is 2.00 bits per heavy atom. The van der Waals surface area contributed by atoms with Crippen molar-refractivity contribution in [1.29, 1.82) is 0 Å². The molecule has 0 saturated carbocycles. The second kappa shape index (κ2) is 5.49. The van der Waals surface area contributed by atoms with Crippen molar-refractivity contribution in [2.45, 2.75) is 5.75 Å². The van der Waals surface area contributed by atoms with Crippen molar-refractivity contribution in [3.8, 4) is 0 Å². The van der Waals surface area contributed by atoms with Gasteiger partial charge in [0.25, 0.3) is 0 Å². The summed E-state index contributed by atoms with van der Waals surface area (Å²) < 4.78 is 13.2. The summed E-state index contributed by atoms with van der Waals surface area (Å²) in [4.78, 5) is 13.2. The highest BCUT2D eigenvalue weighted by atomic mass is 32.8. The van der Waals surface area contributed by atoms with Gasteiger partial charge in [0, 0.05) is 23.2 Å². The van der Waals surface area contributed by atoms with E-state index < -0.39 is 15.4 Å². The molecule has 0 radical (unpaired) electrons. The summed E-state index contributed by atoms with van der Waals surface area (Å²) in [6, 6.07) is 18.4. The smallest absolute Gasteiger partial charge is 0.173 e. The maximum Gasteiger partial charge on any atom is 0.173 e. The predicted molar refractivity (Wildman–Crippen MR) is 93.2 cm³/mol. The molecule has 2 rings (SSSR count). The molecule has 0 aliphatic rings. The van der Waals surface area contributed by atoms with Crippen LogP contribution in [0.3, 0.4) is 0 Å². The molecule has 0 fully saturated rings. The van der Waals surface area contributed by atoms with E-state index in [9.17, 15) is 9.46 Å². The Balaban J connectivity index is 2.54. The van der Waals surface area contributed by atoms with Crippen LogP contribution in [0.5, 0.6) is 0 Å². The van der Waals surface area contributed by atoms with Crippen LogP contribution < -0.4 is 10.2 Å². The van der Waals surface area contributed by atoms with Gasteiger partial charge in [0.1, 0.15) is 0 Å². The molecule has 21 heavy (non-hydrogen) atoms. The maximum absolute atomic E-state index is 13.2. The highest BCUT2D eigenvalue weighted by Gasteiger charge is 2.46. The fourth-order valence-electron chi connectivity index (χ4n) is 2.28. The van der Waals surface area contributed by atoms with Crippen molar-refractivity contribution in [2.24, 2.45) is 0 Å². The Kier molecular flexibility index (Phi) is 4.21. The van der Waals surface area contributed by atoms with Gasteiger partial charge in [-0.05, 0) is 17.7 Å². The molecule has 2 aromatic rings. The van der Waals surface area contributed by atoms with Crippen molar-refractivity contribution in [2.75, 3.05) is 12.5 Å². The van der Waals surface area contributed by atoms with Crippen molar-refractivity contribution in [3.63, 3.8) is 0 Å². The van der Waals surface area contributed by atoms with E-state index in [1.807, 2.05) is 48.9 Å². The van der Waals surface area contributed by atoms with Gasteiger partial charge in [-0.25, -0.2) is 0 Å². The third kappa shape index (κ3) is 2.87. The molecule has 0 aliphatic carbocycles. The number of hydrogen-bond donors (Lipinski definition) is 0. The maximum atomic E-state index is 13.2. The molecule has 1 unspecified atom stereocenters. The van der Waals surface area contributed by atoms with Gasteiger partial charge in [-0.15, -0.1) is 0 Å². The van der Waals surface area contributed by atoms with Crippen LogP contribution in [0.15, 0.2) is 72.7 Å². The zero-order chi connectivity index (χ0) is 15.6. The lowest BCUT2D eigenvalue weighted by atomic mass is 10.2. The molecule has 1 atom stereocenters. The number of rotatable bonds is 5. The van der Waals surface area contributed by atoms with Crippen LogP contribution in [-0.2, 0) is 19.1 Å². The summed E-state index contributed by atoms with van der Waals surface area (Å²) in [6.45, 7) is 0.0644. The summed E-state index contributed by atoms with van der Waals surface area (Å²) in [6.07, 6.45) is 3.72. The van der Waals surface area contributed by atoms with Crippen molar-refractivity contribution >= 4 is 20.7 Å². The van der Waals surface area contributed by atoms with E-state index in [-0.39, 0.29) is 0 Å². The predicted octanol–water partition coefficient (Wildman–Crippen LogP) is 3.16. The fourth-order valence-corrected chi connectivity index (χ4v) is 9.18. The van der Waals surface area contributed by atoms with E-state index >= 15 is 0 Å². The Hall–Kier alpha value is -1.28. The Labute approximate surface area is 127 Å². The Bertz CT molecular complexity index is 680. The first kappa shape index (κ1) is 16.1. The lowest BCUT2D eigenvalue weighted by Gasteiger charge is -2.55. The lowest BCUT2D eigenvalue weighted by Crippen LogP contribution is -2.46. The van der Waals surface area contributed by atoms with E-state index in [0.717, 1.165) is 5.56 Å². The minimum absolute atomic E-state index is 0.396. The fraction of sp³-hybridized carbons (Fsp3) is 0.176. The molecule has 0 aliphatic heterocycles. The standard InChI is InChI=1S/C17H21O2PS/c1-4-21(2,3,15-16-11-7-5-8-12-16)20(18,19)17-13-9-6-10-14-17/h4-14H,1,15H2,2-3H3. The largest absolute Gasteiger partial charge is 0.760 e. The SMILES string of the molecule is C=C[S+](C)(C)(Cc1ccccc1)P(=O)([O-])c1ccccc1. The van der Waals surface area contributed by atoms with E-state index in [4.69, 9.17) is 0 Å². The van der Waals surface area contributed by atoms with Crippen molar-refractivity contribution in [3.05, 3.63) is 78.2 Å². The molecule has 0 saturated heterocycles. The molecular formula is C17H21O2PS. The minimum Gasteiger partial charge on any atom is -0.760 e. The Morgan fingerprint density at radius 1 is 1.05 bits per heavy atom. The molecule has 0 heterocycles. The van der Waals surface area contributed by atoms with Crippen molar-refractivity contribution < 1.29 is 9.46 Å². The van der Waals surface area contributed by atoms with Crippen LogP contribution in [0, 0.1) is 0 Å². The molecule has 2 aromatic carbocycles. The first-order valence-electron chi connectivity index (χ1n) is 6.70. The average molecular weight is 320 g/mol. The van der Waals surface area contributed by atoms with Gasteiger partial charge in [0.2, 0.25) is 0 Å². The van der Waals surface area contributed by atoms with Gasteiger partial charge in [-0.2, -0.15) is 8.78 Å². The molecule has 0 N–H and O–H groups in total. The quantitative estimate of drug-likeness (QED) is 0.627. The van der Waals surface area contributed by atoms with E-state index in [0.29, 0.717) is 11.1 Å². The zero-order valence-electron chi connectivity index (χ0n) is 12.4. The molecule has 0 spiro atoms. The van der Waals surface area contributed by atoms with Gasteiger partial charge < -0.3 is 4.89 Å². The molecular weight excluding hydrogens is 299 g/mol. The zero-order valence-corrected chi connectivity index (χ0v) is 14.1. The van der Waals surface area contributed by atoms with Gasteiger partial charge in [-0.3, -0.25) is 4.57 Å². The van der Waals surface area contributed by atoms with Gasteiger partial charge in [0.05, 0.1) is 5.75 Å². The summed E-state index contributed by atoms with van der Waals surface area (Å²) >= 11 is 0. The van der Waals surface area contributed by atoms with Gasteiger partial charge >= 0.3 is 0 Å². The number of hydrogen-bond acceptors (Lipinski definition) is 2. The van der Waals surface area contributed by atoms with Crippen LogP contribution in [0.1, 0.15) is 5.56 Å². The van der Waals surface area contributed by atoms with E-state index in [1.165, 1.54) is 0 Å². The molecule has 112 valence electrons. The summed E-state index contributed by atoms with van der Waals surface area (Å²) in [7, 11) is -2.87. The summed E-state index contributed by atoms with van der Waals surface area (Å²) in [5.41, 5.74) is 1.02. The molecule has 0 amide bonds. The van der Waals surface area contributed by atoms with Crippen LogP contribution >= 0.6 is 6.57 Å². The topological polar surface area (TPSA) is 40.1 Å². The van der Waals surface area contributed by atoms with Crippen LogP contribution in [-0.4, -0.2) is 12.5 Å². The highest BCUT2D eigenvalue weighted by molar-refractivity contribution is 8.76. The Morgan fingerprint density at radius 2 is 1.52 bits per heavy atom. The first-order valence-corrected chi connectivity index (χ1v) is 12.0. The van der Waals surface area contributed by atoms with E-state index in [1.54, 1.807) is 29.7 Å². The normalized spacial score (nSPS) is 16.4.